The van der Waals surface area contributed by atoms with Crippen LogP contribution >= 0.6 is 38.5 Å². The van der Waals surface area contributed by atoms with Gasteiger partial charge in [0.15, 0.2) is 5.78 Å². The molecule has 110 valence electrons. The second kappa shape index (κ2) is 6.04. The van der Waals surface area contributed by atoms with E-state index in [0.29, 0.717) is 20.2 Å². The number of rotatable bonds is 2. The van der Waals surface area contributed by atoms with Crippen LogP contribution in [0, 0.1) is 9.39 Å². The predicted molar refractivity (Wildman–Crippen MR) is 81.7 cm³/mol. The average molecular weight is 473 g/mol. The zero-order chi connectivity index (χ0) is 15.8. The van der Waals surface area contributed by atoms with E-state index >= 15 is 0 Å². The van der Waals surface area contributed by atoms with Crippen LogP contribution in [0.15, 0.2) is 40.9 Å². The summed E-state index contributed by atoms with van der Waals surface area (Å²) in [6.07, 6.45) is -4.84. The van der Waals surface area contributed by atoms with Gasteiger partial charge in [0.1, 0.15) is 5.82 Å². The van der Waals surface area contributed by atoms with Crippen molar-refractivity contribution < 1.29 is 22.4 Å². The Morgan fingerprint density at radius 1 is 1.10 bits per heavy atom. The molecule has 0 saturated carbocycles. The van der Waals surface area contributed by atoms with E-state index in [1.165, 1.54) is 6.07 Å². The lowest BCUT2D eigenvalue weighted by atomic mass is 10.0. The molecule has 0 spiro atoms. The van der Waals surface area contributed by atoms with E-state index in [2.05, 4.69) is 15.9 Å². The van der Waals surface area contributed by atoms with Crippen LogP contribution in [-0.2, 0) is 6.18 Å². The maximum atomic E-state index is 13.2. The minimum Gasteiger partial charge on any atom is -0.289 e. The van der Waals surface area contributed by atoms with Crippen LogP contribution in [0.3, 0.4) is 0 Å². The summed E-state index contributed by atoms with van der Waals surface area (Å²) in [6, 6.07) is 7.12. The van der Waals surface area contributed by atoms with Crippen molar-refractivity contribution in [1.29, 1.82) is 0 Å². The third-order valence-electron chi connectivity index (χ3n) is 2.71. The average Bonchev–Trinajstić information content (AvgIpc) is 2.40. The van der Waals surface area contributed by atoms with Gasteiger partial charge in [-0.25, -0.2) is 4.39 Å². The number of carbonyl (C=O) groups is 1. The molecule has 0 aromatic heterocycles. The topological polar surface area (TPSA) is 17.1 Å². The Labute approximate surface area is 139 Å². The maximum Gasteiger partial charge on any atom is 0.419 e. The van der Waals surface area contributed by atoms with E-state index in [-0.39, 0.29) is 11.1 Å². The highest BCUT2D eigenvalue weighted by Crippen LogP contribution is 2.32. The second-order valence-electron chi connectivity index (χ2n) is 4.15. The first-order chi connectivity index (χ1) is 9.70. The Balaban J connectivity index is 2.52. The maximum absolute atomic E-state index is 13.2. The lowest BCUT2D eigenvalue weighted by Crippen LogP contribution is -2.11. The zero-order valence-corrected chi connectivity index (χ0v) is 13.9. The smallest absolute Gasteiger partial charge is 0.289 e. The summed E-state index contributed by atoms with van der Waals surface area (Å²) in [6.45, 7) is 0. The monoisotopic (exact) mass is 472 g/mol. The van der Waals surface area contributed by atoms with Crippen LogP contribution in [0.4, 0.5) is 17.6 Å². The van der Waals surface area contributed by atoms with Crippen LogP contribution in [0.5, 0.6) is 0 Å². The van der Waals surface area contributed by atoms with Gasteiger partial charge >= 0.3 is 6.18 Å². The van der Waals surface area contributed by atoms with E-state index < -0.39 is 23.3 Å². The van der Waals surface area contributed by atoms with Gasteiger partial charge in [-0.05, 0) is 59.0 Å². The Kier molecular flexibility index (Phi) is 4.72. The van der Waals surface area contributed by atoms with Crippen molar-refractivity contribution in [3.05, 3.63) is 66.9 Å². The van der Waals surface area contributed by atoms with Crippen molar-refractivity contribution in [3.8, 4) is 0 Å². The SMILES string of the molecule is O=C(c1ccc(F)c(C(F)(F)F)c1)c1cc(Br)ccc1I. The number of alkyl halides is 3. The molecule has 2 aromatic rings. The molecule has 0 heterocycles. The lowest BCUT2D eigenvalue weighted by molar-refractivity contribution is -0.140. The normalized spacial score (nSPS) is 11.5. The highest BCUT2D eigenvalue weighted by Gasteiger charge is 2.34. The summed E-state index contributed by atoms with van der Waals surface area (Å²) in [5, 5.41) is 0. The standard InChI is InChI=1S/C14H6BrF4IO/c15-8-2-4-12(20)9(6-8)13(21)7-1-3-11(16)10(5-7)14(17,18)19/h1-6H. The molecule has 1 nitrogen and oxygen atoms in total. The van der Waals surface area contributed by atoms with E-state index in [1.54, 1.807) is 12.1 Å². The van der Waals surface area contributed by atoms with Gasteiger partial charge < -0.3 is 0 Å². The van der Waals surface area contributed by atoms with E-state index in [1.807, 2.05) is 22.6 Å². The molecule has 0 unspecified atom stereocenters. The van der Waals surface area contributed by atoms with Crippen LogP contribution in [0.1, 0.15) is 21.5 Å². The van der Waals surface area contributed by atoms with Gasteiger partial charge in [0, 0.05) is 19.2 Å². The van der Waals surface area contributed by atoms with Gasteiger partial charge in [0.05, 0.1) is 5.56 Å². The van der Waals surface area contributed by atoms with Gasteiger partial charge in [-0.3, -0.25) is 4.79 Å². The number of benzene rings is 2. The molecule has 2 aromatic carbocycles. The van der Waals surface area contributed by atoms with Crippen molar-refractivity contribution in [2.45, 2.75) is 6.18 Å². The summed E-state index contributed by atoms with van der Waals surface area (Å²) in [7, 11) is 0. The van der Waals surface area contributed by atoms with E-state index in [4.69, 9.17) is 0 Å². The third-order valence-corrected chi connectivity index (χ3v) is 4.14. The van der Waals surface area contributed by atoms with Gasteiger partial charge in [0.25, 0.3) is 0 Å². The van der Waals surface area contributed by atoms with Crippen molar-refractivity contribution in [3.63, 3.8) is 0 Å². The molecule has 21 heavy (non-hydrogen) atoms. The van der Waals surface area contributed by atoms with Gasteiger partial charge in [0.2, 0.25) is 0 Å². The quantitative estimate of drug-likeness (QED) is 0.323. The molecule has 0 amide bonds. The molecule has 2 rings (SSSR count). The molecule has 0 radical (unpaired) electrons. The molecular formula is C14H6BrF4IO. The summed E-state index contributed by atoms with van der Waals surface area (Å²) >= 11 is 5.11. The highest BCUT2D eigenvalue weighted by atomic mass is 127. The molecule has 0 aliphatic carbocycles. The van der Waals surface area contributed by atoms with Crippen molar-refractivity contribution in [2.24, 2.45) is 0 Å². The van der Waals surface area contributed by atoms with Crippen LogP contribution in [0.25, 0.3) is 0 Å². The zero-order valence-electron chi connectivity index (χ0n) is 10.1. The fourth-order valence-corrected chi connectivity index (χ4v) is 2.65. The van der Waals surface area contributed by atoms with Gasteiger partial charge in [-0.15, -0.1) is 0 Å². The first-order valence-corrected chi connectivity index (χ1v) is 7.44. The predicted octanol–water partition coefficient (Wildman–Crippen LogP) is 5.44. The molecule has 0 saturated heterocycles. The molecule has 0 aliphatic rings. The summed E-state index contributed by atoms with van der Waals surface area (Å²) in [5.74, 6) is -1.99. The van der Waals surface area contributed by atoms with Gasteiger partial charge in [-0.2, -0.15) is 13.2 Å². The van der Waals surface area contributed by atoms with Crippen molar-refractivity contribution in [2.75, 3.05) is 0 Å². The Bertz CT molecular complexity index is 713. The fraction of sp³-hybridized carbons (Fsp3) is 0.0714. The van der Waals surface area contributed by atoms with E-state index in [0.717, 1.165) is 6.07 Å². The highest BCUT2D eigenvalue weighted by molar-refractivity contribution is 14.1. The number of carbonyl (C=O) groups excluding carboxylic acids is 1. The minimum absolute atomic E-state index is 0.209. The van der Waals surface area contributed by atoms with E-state index in [9.17, 15) is 22.4 Å². The first kappa shape index (κ1) is 16.4. The van der Waals surface area contributed by atoms with Gasteiger partial charge in [-0.1, -0.05) is 15.9 Å². The number of ketones is 1. The van der Waals surface area contributed by atoms with Crippen LogP contribution < -0.4 is 0 Å². The molecule has 0 atom stereocenters. The Morgan fingerprint density at radius 2 is 1.76 bits per heavy atom. The Morgan fingerprint density at radius 3 is 2.38 bits per heavy atom. The van der Waals surface area contributed by atoms with Crippen molar-refractivity contribution >= 4 is 44.3 Å². The number of hydrogen-bond acceptors (Lipinski definition) is 1. The number of hydrogen-bond donors (Lipinski definition) is 0. The molecule has 0 fully saturated rings. The molecule has 7 heteroatoms. The molecule has 0 N–H and O–H groups in total. The first-order valence-electron chi connectivity index (χ1n) is 5.56. The fourth-order valence-electron chi connectivity index (χ4n) is 1.71. The molecule has 0 aliphatic heterocycles. The minimum atomic E-state index is -4.84. The van der Waals surface area contributed by atoms with Crippen LogP contribution in [-0.4, -0.2) is 5.78 Å². The third kappa shape index (κ3) is 3.63. The Hall–Kier alpha value is -0.960. The summed E-state index contributed by atoms with van der Waals surface area (Å²) in [4.78, 5) is 12.3. The van der Waals surface area contributed by atoms with Crippen LogP contribution in [0.2, 0.25) is 0 Å². The second-order valence-corrected chi connectivity index (χ2v) is 6.22. The van der Waals surface area contributed by atoms with Crippen molar-refractivity contribution in [1.82, 2.24) is 0 Å². The number of halogens is 6. The lowest BCUT2D eigenvalue weighted by Gasteiger charge is -2.10. The molecular weight excluding hydrogens is 467 g/mol. The summed E-state index contributed by atoms with van der Waals surface area (Å²) in [5.41, 5.74) is -1.40. The largest absolute Gasteiger partial charge is 0.419 e. The summed E-state index contributed by atoms with van der Waals surface area (Å²) < 4.78 is 52.5. The molecule has 0 bridgehead atoms.